The van der Waals surface area contributed by atoms with E-state index < -0.39 is 5.60 Å². The Morgan fingerprint density at radius 1 is 1.27 bits per heavy atom. The summed E-state index contributed by atoms with van der Waals surface area (Å²) in [5, 5.41) is 15.9. The zero-order valence-electron chi connectivity index (χ0n) is 12.9. The number of piperidine rings is 1. The molecule has 0 unspecified atom stereocenters. The summed E-state index contributed by atoms with van der Waals surface area (Å²) in [6.45, 7) is 5.59. The van der Waals surface area contributed by atoms with Crippen LogP contribution in [0, 0.1) is 0 Å². The molecule has 118 valence electrons. The second kappa shape index (κ2) is 6.41. The fourth-order valence-corrected chi connectivity index (χ4v) is 3.42. The quantitative estimate of drug-likeness (QED) is 0.941. The second-order valence-electron chi connectivity index (χ2n) is 5.99. The van der Waals surface area contributed by atoms with Crippen LogP contribution in [0.15, 0.2) is 36.7 Å². The van der Waals surface area contributed by atoms with Gasteiger partial charge in [0.15, 0.2) is 0 Å². The molecule has 1 aliphatic heterocycles. The average molecular weight is 320 g/mol. The average Bonchev–Trinajstić information content (AvgIpc) is 2.98. The fourth-order valence-electron chi connectivity index (χ4n) is 3.11. The monoisotopic (exact) mass is 319 g/mol. The van der Waals surface area contributed by atoms with Gasteiger partial charge in [-0.3, -0.25) is 9.58 Å². The molecule has 2 heterocycles. The first-order valence-electron chi connectivity index (χ1n) is 7.82. The van der Waals surface area contributed by atoms with Gasteiger partial charge in [0.2, 0.25) is 0 Å². The number of rotatable bonds is 4. The number of likely N-dealkylation sites (tertiary alicyclic amines) is 1. The van der Waals surface area contributed by atoms with Gasteiger partial charge >= 0.3 is 0 Å². The van der Waals surface area contributed by atoms with Crippen molar-refractivity contribution in [1.29, 1.82) is 0 Å². The van der Waals surface area contributed by atoms with E-state index in [1.807, 2.05) is 35.1 Å². The van der Waals surface area contributed by atoms with Crippen LogP contribution >= 0.6 is 11.6 Å². The van der Waals surface area contributed by atoms with Crippen molar-refractivity contribution in [3.8, 4) is 0 Å². The van der Waals surface area contributed by atoms with Gasteiger partial charge in [0.05, 0.1) is 11.8 Å². The van der Waals surface area contributed by atoms with Gasteiger partial charge in [0, 0.05) is 48.5 Å². The van der Waals surface area contributed by atoms with Crippen molar-refractivity contribution >= 4 is 11.6 Å². The SMILES string of the molecule is CCn1cc(CN2CCC(O)(c3ccccc3Cl)CC2)cn1. The summed E-state index contributed by atoms with van der Waals surface area (Å²) in [7, 11) is 0. The van der Waals surface area contributed by atoms with Crippen LogP contribution in [0.5, 0.6) is 0 Å². The summed E-state index contributed by atoms with van der Waals surface area (Å²) in [6, 6.07) is 7.62. The number of benzene rings is 1. The molecule has 0 radical (unpaired) electrons. The first-order chi connectivity index (χ1) is 10.6. The zero-order chi connectivity index (χ0) is 15.6. The molecule has 5 heteroatoms. The predicted molar refractivity (Wildman–Crippen MR) is 87.8 cm³/mol. The summed E-state index contributed by atoms with van der Waals surface area (Å²) in [5.74, 6) is 0. The lowest BCUT2D eigenvalue weighted by Gasteiger charge is -2.38. The Morgan fingerprint density at radius 2 is 2.00 bits per heavy atom. The molecule has 1 aromatic carbocycles. The maximum absolute atomic E-state index is 10.9. The standard InChI is InChI=1S/C17H22ClN3O/c1-2-21-13-14(11-19-21)12-20-9-7-17(22,8-10-20)15-5-3-4-6-16(15)18/h3-6,11,13,22H,2,7-10,12H2,1H3. The van der Waals surface area contributed by atoms with Gasteiger partial charge in [-0.25, -0.2) is 0 Å². The molecule has 1 fully saturated rings. The molecule has 0 bridgehead atoms. The van der Waals surface area contributed by atoms with Crippen LogP contribution in [0.25, 0.3) is 0 Å². The number of halogens is 1. The van der Waals surface area contributed by atoms with Crippen LogP contribution in [0.2, 0.25) is 5.02 Å². The Morgan fingerprint density at radius 3 is 2.64 bits per heavy atom. The van der Waals surface area contributed by atoms with E-state index in [1.165, 1.54) is 5.56 Å². The minimum Gasteiger partial charge on any atom is -0.385 e. The van der Waals surface area contributed by atoms with Gasteiger partial charge in [-0.05, 0) is 25.8 Å². The molecule has 1 N–H and O–H groups in total. The highest BCUT2D eigenvalue weighted by atomic mass is 35.5. The van der Waals surface area contributed by atoms with Crippen LogP contribution in [-0.2, 0) is 18.7 Å². The van der Waals surface area contributed by atoms with E-state index in [0.29, 0.717) is 17.9 Å². The molecule has 0 atom stereocenters. The lowest BCUT2D eigenvalue weighted by atomic mass is 9.84. The normalized spacial score (nSPS) is 18.5. The summed E-state index contributed by atoms with van der Waals surface area (Å²) in [6.07, 6.45) is 5.44. The Hall–Kier alpha value is -1.36. The molecular formula is C17H22ClN3O. The van der Waals surface area contributed by atoms with E-state index in [2.05, 4.69) is 23.1 Å². The van der Waals surface area contributed by atoms with Crippen LogP contribution in [0.1, 0.15) is 30.9 Å². The molecule has 0 saturated carbocycles. The zero-order valence-corrected chi connectivity index (χ0v) is 13.6. The van der Waals surface area contributed by atoms with E-state index in [-0.39, 0.29) is 0 Å². The van der Waals surface area contributed by atoms with Crippen molar-refractivity contribution in [2.24, 2.45) is 0 Å². The largest absolute Gasteiger partial charge is 0.385 e. The number of aryl methyl sites for hydroxylation is 1. The third-order valence-electron chi connectivity index (χ3n) is 4.48. The number of hydrogen-bond acceptors (Lipinski definition) is 3. The maximum Gasteiger partial charge on any atom is 0.0935 e. The van der Waals surface area contributed by atoms with E-state index in [0.717, 1.165) is 31.7 Å². The van der Waals surface area contributed by atoms with E-state index in [4.69, 9.17) is 11.6 Å². The van der Waals surface area contributed by atoms with Crippen LogP contribution in [0.3, 0.4) is 0 Å². The predicted octanol–water partition coefficient (Wildman–Crippen LogP) is 3.04. The molecule has 2 aromatic rings. The Labute approximate surface area is 136 Å². The van der Waals surface area contributed by atoms with Gasteiger partial charge in [-0.1, -0.05) is 29.8 Å². The van der Waals surface area contributed by atoms with Crippen LogP contribution < -0.4 is 0 Å². The Balaban J connectivity index is 1.63. The highest BCUT2D eigenvalue weighted by Gasteiger charge is 2.35. The van der Waals surface area contributed by atoms with Crippen molar-refractivity contribution in [2.45, 2.75) is 38.5 Å². The van der Waals surface area contributed by atoms with E-state index in [1.54, 1.807) is 0 Å². The third kappa shape index (κ3) is 3.19. The second-order valence-corrected chi connectivity index (χ2v) is 6.40. The van der Waals surface area contributed by atoms with Gasteiger partial charge in [0.1, 0.15) is 0 Å². The molecule has 3 rings (SSSR count). The summed E-state index contributed by atoms with van der Waals surface area (Å²) < 4.78 is 1.94. The smallest absolute Gasteiger partial charge is 0.0935 e. The van der Waals surface area contributed by atoms with Crippen molar-refractivity contribution in [2.75, 3.05) is 13.1 Å². The third-order valence-corrected chi connectivity index (χ3v) is 4.80. The number of aromatic nitrogens is 2. The van der Waals surface area contributed by atoms with Crippen molar-refractivity contribution in [1.82, 2.24) is 14.7 Å². The molecule has 1 aliphatic rings. The Kier molecular flexibility index (Phi) is 4.52. The van der Waals surface area contributed by atoms with E-state index >= 15 is 0 Å². The van der Waals surface area contributed by atoms with Crippen molar-refractivity contribution in [3.05, 3.63) is 52.8 Å². The molecule has 4 nitrogen and oxygen atoms in total. The number of nitrogens with zero attached hydrogens (tertiary/aromatic N) is 3. The Bertz CT molecular complexity index is 632. The number of hydrogen-bond donors (Lipinski definition) is 1. The first-order valence-corrected chi connectivity index (χ1v) is 8.19. The summed E-state index contributed by atoms with van der Waals surface area (Å²) in [5.41, 5.74) is 1.28. The van der Waals surface area contributed by atoms with Gasteiger partial charge in [-0.15, -0.1) is 0 Å². The lowest BCUT2D eigenvalue weighted by molar-refractivity contribution is -0.0276. The maximum atomic E-state index is 10.9. The summed E-state index contributed by atoms with van der Waals surface area (Å²) in [4.78, 5) is 2.36. The van der Waals surface area contributed by atoms with Gasteiger partial charge < -0.3 is 5.11 Å². The lowest BCUT2D eigenvalue weighted by Crippen LogP contribution is -2.42. The molecule has 0 amide bonds. The molecule has 0 aliphatic carbocycles. The fraction of sp³-hybridized carbons (Fsp3) is 0.471. The highest BCUT2D eigenvalue weighted by molar-refractivity contribution is 6.31. The molecule has 22 heavy (non-hydrogen) atoms. The molecule has 0 spiro atoms. The van der Waals surface area contributed by atoms with Crippen molar-refractivity contribution < 1.29 is 5.11 Å². The number of aliphatic hydroxyl groups is 1. The van der Waals surface area contributed by atoms with Crippen molar-refractivity contribution in [3.63, 3.8) is 0 Å². The van der Waals surface area contributed by atoms with Gasteiger partial charge in [-0.2, -0.15) is 5.10 Å². The van der Waals surface area contributed by atoms with Gasteiger partial charge in [0.25, 0.3) is 0 Å². The van der Waals surface area contributed by atoms with Crippen LogP contribution in [0.4, 0.5) is 0 Å². The minimum absolute atomic E-state index is 0.655. The molecular weight excluding hydrogens is 298 g/mol. The van der Waals surface area contributed by atoms with E-state index in [9.17, 15) is 5.11 Å². The highest BCUT2D eigenvalue weighted by Crippen LogP contribution is 2.36. The van der Waals surface area contributed by atoms with Crippen LogP contribution in [-0.4, -0.2) is 32.9 Å². The molecule has 1 aromatic heterocycles. The first kappa shape index (κ1) is 15.5. The molecule has 1 saturated heterocycles. The summed E-state index contributed by atoms with van der Waals surface area (Å²) >= 11 is 6.25. The topological polar surface area (TPSA) is 41.3 Å². The minimum atomic E-state index is -0.803.